The zero-order chi connectivity index (χ0) is 13.8. The van der Waals surface area contributed by atoms with Gasteiger partial charge in [-0.1, -0.05) is 27.5 Å². The monoisotopic (exact) mass is 347 g/mol. The zero-order valence-electron chi connectivity index (χ0n) is 9.67. The van der Waals surface area contributed by atoms with E-state index in [0.29, 0.717) is 21.5 Å². The highest BCUT2D eigenvalue weighted by molar-refractivity contribution is 9.08. The van der Waals surface area contributed by atoms with E-state index in [1.54, 1.807) is 6.07 Å². The van der Waals surface area contributed by atoms with Crippen molar-refractivity contribution in [2.75, 3.05) is 0 Å². The van der Waals surface area contributed by atoms with Gasteiger partial charge in [-0.15, -0.1) is 0 Å². The van der Waals surface area contributed by atoms with Crippen LogP contribution in [0.3, 0.4) is 0 Å². The summed E-state index contributed by atoms with van der Waals surface area (Å²) >= 11 is 9.02. The van der Waals surface area contributed by atoms with Gasteiger partial charge in [-0.05, 0) is 23.8 Å². The molecular weight excluding hydrogens is 340 g/mol. The molecule has 0 spiro atoms. The van der Waals surface area contributed by atoms with Crippen LogP contribution in [0.25, 0.3) is 0 Å². The van der Waals surface area contributed by atoms with Crippen molar-refractivity contribution in [3.8, 4) is 5.75 Å². The van der Waals surface area contributed by atoms with Crippen molar-refractivity contribution in [3.63, 3.8) is 0 Å². The molecule has 6 heteroatoms. The van der Waals surface area contributed by atoms with Gasteiger partial charge in [-0.3, -0.25) is 4.98 Å². The van der Waals surface area contributed by atoms with Gasteiger partial charge in [-0.25, -0.2) is 8.78 Å². The van der Waals surface area contributed by atoms with Gasteiger partial charge in [0.1, 0.15) is 6.61 Å². The lowest BCUT2D eigenvalue weighted by Gasteiger charge is -2.10. The lowest BCUT2D eigenvalue weighted by Crippen LogP contribution is -2.01. The van der Waals surface area contributed by atoms with Crippen LogP contribution in [0.1, 0.15) is 11.1 Å². The van der Waals surface area contributed by atoms with Crippen LogP contribution in [0.4, 0.5) is 8.78 Å². The minimum absolute atomic E-state index is 0.0249. The lowest BCUT2D eigenvalue weighted by molar-refractivity contribution is 0.274. The summed E-state index contributed by atoms with van der Waals surface area (Å²) in [5.74, 6) is -1.88. The largest absolute Gasteiger partial charge is 0.483 e. The van der Waals surface area contributed by atoms with Crippen LogP contribution in [-0.4, -0.2) is 4.98 Å². The molecule has 0 bridgehead atoms. The second-order valence-corrected chi connectivity index (χ2v) is 4.75. The zero-order valence-corrected chi connectivity index (χ0v) is 12.0. The highest BCUT2D eigenvalue weighted by Gasteiger charge is 2.13. The molecule has 0 aliphatic heterocycles. The van der Waals surface area contributed by atoms with Crippen LogP contribution in [0.2, 0.25) is 5.02 Å². The number of aromatic nitrogens is 1. The Morgan fingerprint density at radius 1 is 1.26 bits per heavy atom. The smallest absolute Gasteiger partial charge is 0.191 e. The topological polar surface area (TPSA) is 22.1 Å². The first-order chi connectivity index (χ1) is 9.11. The number of hydrogen-bond acceptors (Lipinski definition) is 2. The van der Waals surface area contributed by atoms with E-state index >= 15 is 0 Å². The summed E-state index contributed by atoms with van der Waals surface area (Å²) in [4.78, 5) is 3.82. The van der Waals surface area contributed by atoms with E-state index in [1.165, 1.54) is 24.5 Å². The number of pyridine rings is 1. The van der Waals surface area contributed by atoms with E-state index < -0.39 is 17.4 Å². The number of alkyl halides is 1. The lowest BCUT2D eigenvalue weighted by atomic mass is 10.2. The molecule has 1 heterocycles. The molecule has 0 aliphatic carbocycles. The molecular formula is C13H9BrClF2NO. The van der Waals surface area contributed by atoms with Crippen molar-refractivity contribution in [2.45, 2.75) is 11.9 Å². The highest BCUT2D eigenvalue weighted by atomic mass is 79.9. The Morgan fingerprint density at radius 3 is 2.53 bits per heavy atom. The molecule has 2 nitrogen and oxygen atoms in total. The minimum atomic E-state index is -0.736. The van der Waals surface area contributed by atoms with Crippen molar-refractivity contribution < 1.29 is 13.5 Å². The van der Waals surface area contributed by atoms with Gasteiger partial charge in [0.2, 0.25) is 0 Å². The number of rotatable bonds is 4. The molecule has 0 saturated heterocycles. The standard InChI is InChI=1S/C13H9BrClF2NO/c14-5-8-3-11(16)13(12(17)4-8)19-7-9-1-2-18-6-10(9)15/h1-4,6H,5,7H2. The summed E-state index contributed by atoms with van der Waals surface area (Å²) in [6, 6.07) is 4.08. The summed E-state index contributed by atoms with van der Waals surface area (Å²) in [5, 5.41) is 0.762. The molecule has 2 rings (SSSR count). The second kappa shape index (κ2) is 6.30. The first-order valence-corrected chi connectivity index (χ1v) is 6.87. The van der Waals surface area contributed by atoms with E-state index in [4.69, 9.17) is 16.3 Å². The Labute approximate surface area is 122 Å². The Morgan fingerprint density at radius 2 is 1.95 bits per heavy atom. The van der Waals surface area contributed by atoms with E-state index in [-0.39, 0.29) is 6.61 Å². The SMILES string of the molecule is Fc1cc(CBr)cc(F)c1OCc1ccncc1Cl. The molecule has 0 fully saturated rings. The molecule has 0 amide bonds. The summed E-state index contributed by atoms with van der Waals surface area (Å²) in [7, 11) is 0. The number of ether oxygens (including phenoxy) is 1. The van der Waals surface area contributed by atoms with E-state index in [9.17, 15) is 8.78 Å². The average molecular weight is 349 g/mol. The maximum atomic E-state index is 13.7. The third-order valence-corrected chi connectivity index (χ3v) is 3.43. The van der Waals surface area contributed by atoms with Gasteiger partial charge >= 0.3 is 0 Å². The predicted octanol–water partition coefficient (Wildman–Crippen LogP) is 4.49. The Hall–Kier alpha value is -1.20. The number of hydrogen-bond donors (Lipinski definition) is 0. The summed E-state index contributed by atoms with van der Waals surface area (Å²) < 4.78 is 32.5. The molecule has 0 aliphatic rings. The summed E-state index contributed by atoms with van der Waals surface area (Å²) in [6.45, 7) is -0.0249. The van der Waals surface area contributed by atoms with E-state index in [2.05, 4.69) is 20.9 Å². The fraction of sp³-hybridized carbons (Fsp3) is 0.154. The van der Waals surface area contributed by atoms with Gasteiger partial charge in [-0.2, -0.15) is 0 Å². The predicted molar refractivity (Wildman–Crippen MR) is 72.6 cm³/mol. The molecule has 100 valence electrons. The van der Waals surface area contributed by atoms with Gasteiger partial charge in [0.05, 0.1) is 5.02 Å². The first kappa shape index (κ1) is 14.2. The maximum Gasteiger partial charge on any atom is 0.191 e. The van der Waals surface area contributed by atoms with E-state index in [1.807, 2.05) is 0 Å². The summed E-state index contributed by atoms with van der Waals surface area (Å²) in [5.41, 5.74) is 1.12. The molecule has 2 aromatic rings. The molecule has 0 atom stereocenters. The first-order valence-electron chi connectivity index (χ1n) is 5.37. The molecule has 1 aromatic carbocycles. The van der Waals surface area contributed by atoms with Crippen LogP contribution >= 0.6 is 27.5 Å². The third-order valence-electron chi connectivity index (χ3n) is 2.44. The van der Waals surface area contributed by atoms with Crippen molar-refractivity contribution in [1.29, 1.82) is 0 Å². The van der Waals surface area contributed by atoms with Crippen LogP contribution in [0.5, 0.6) is 5.75 Å². The Kier molecular flexibility index (Phi) is 4.71. The molecule has 1 aromatic heterocycles. The number of benzene rings is 1. The van der Waals surface area contributed by atoms with Crippen molar-refractivity contribution in [2.24, 2.45) is 0 Å². The van der Waals surface area contributed by atoms with Gasteiger partial charge in [0.15, 0.2) is 17.4 Å². The minimum Gasteiger partial charge on any atom is -0.483 e. The molecule has 19 heavy (non-hydrogen) atoms. The average Bonchev–Trinajstić information content (AvgIpc) is 2.39. The van der Waals surface area contributed by atoms with Crippen LogP contribution in [0.15, 0.2) is 30.6 Å². The van der Waals surface area contributed by atoms with E-state index in [0.717, 1.165) is 0 Å². The second-order valence-electron chi connectivity index (χ2n) is 3.78. The van der Waals surface area contributed by atoms with Crippen LogP contribution in [0, 0.1) is 11.6 Å². The fourth-order valence-corrected chi connectivity index (χ4v) is 2.00. The Balaban J connectivity index is 2.18. The number of nitrogens with zero attached hydrogens (tertiary/aromatic N) is 1. The normalized spacial score (nSPS) is 10.5. The fourth-order valence-electron chi connectivity index (χ4n) is 1.50. The quantitative estimate of drug-likeness (QED) is 0.760. The molecule has 0 N–H and O–H groups in total. The highest BCUT2D eigenvalue weighted by Crippen LogP contribution is 2.26. The van der Waals surface area contributed by atoms with Gasteiger partial charge < -0.3 is 4.74 Å². The number of halogens is 4. The summed E-state index contributed by atoms with van der Waals surface area (Å²) in [6.07, 6.45) is 2.98. The third kappa shape index (κ3) is 3.42. The van der Waals surface area contributed by atoms with Crippen molar-refractivity contribution in [3.05, 3.63) is 58.4 Å². The molecule has 0 saturated carbocycles. The van der Waals surface area contributed by atoms with Crippen molar-refractivity contribution in [1.82, 2.24) is 4.98 Å². The van der Waals surface area contributed by atoms with Gasteiger partial charge in [0, 0.05) is 23.3 Å². The van der Waals surface area contributed by atoms with Crippen LogP contribution in [-0.2, 0) is 11.9 Å². The van der Waals surface area contributed by atoms with Gasteiger partial charge in [0.25, 0.3) is 0 Å². The van der Waals surface area contributed by atoms with Crippen LogP contribution < -0.4 is 4.74 Å². The Bertz CT molecular complexity index is 572. The maximum absolute atomic E-state index is 13.7. The molecule has 0 unspecified atom stereocenters. The van der Waals surface area contributed by atoms with Crippen molar-refractivity contribution >= 4 is 27.5 Å². The molecule has 0 radical (unpaired) electrons.